The van der Waals surface area contributed by atoms with Crippen LogP contribution in [0.25, 0.3) is 0 Å². The summed E-state index contributed by atoms with van der Waals surface area (Å²) in [5.74, 6) is -2.37. The zero-order valence-corrected chi connectivity index (χ0v) is 12.2. The lowest BCUT2D eigenvalue weighted by Gasteiger charge is -2.19. The number of ether oxygens (including phenoxy) is 1. The summed E-state index contributed by atoms with van der Waals surface area (Å²) in [4.78, 5) is 37.2. The molecule has 2 fully saturated rings. The summed E-state index contributed by atoms with van der Waals surface area (Å²) in [5, 5.41) is 0. The van der Waals surface area contributed by atoms with E-state index < -0.39 is 11.9 Å². The monoisotopic (exact) mass is 280 g/mol. The molecule has 0 atom stereocenters. The molecule has 0 aromatic rings. The van der Waals surface area contributed by atoms with E-state index >= 15 is 0 Å². The van der Waals surface area contributed by atoms with Gasteiger partial charge in [-0.2, -0.15) is 0 Å². The molecule has 0 aliphatic heterocycles. The highest BCUT2D eigenvalue weighted by atomic mass is 16.5. The van der Waals surface area contributed by atoms with Gasteiger partial charge in [-0.1, -0.05) is 25.7 Å². The molecule has 0 unspecified atom stereocenters. The molecule has 2 saturated carbocycles. The second-order valence-electron chi connectivity index (χ2n) is 5.95. The van der Waals surface area contributed by atoms with Gasteiger partial charge in [-0.25, -0.2) is 0 Å². The number of carbonyl (C=O) groups is 3. The number of Topliss-reactive ketones (excluding diaryl/α,β-unsaturated/α-hetero) is 2. The first-order valence-electron chi connectivity index (χ1n) is 7.89. The molecule has 0 amide bonds. The molecule has 4 nitrogen and oxygen atoms in total. The predicted octanol–water partition coefficient (Wildman–Crippen LogP) is 2.68. The summed E-state index contributed by atoms with van der Waals surface area (Å²) in [6.07, 6.45) is 7.32. The number of hydrogen-bond acceptors (Lipinski definition) is 4. The molecule has 0 aromatic carbocycles. The van der Waals surface area contributed by atoms with Crippen molar-refractivity contribution in [2.24, 2.45) is 17.8 Å². The van der Waals surface area contributed by atoms with Crippen molar-refractivity contribution in [2.45, 2.75) is 58.3 Å². The van der Waals surface area contributed by atoms with Crippen LogP contribution < -0.4 is 0 Å². The van der Waals surface area contributed by atoms with Crippen LogP contribution in [0.1, 0.15) is 58.3 Å². The molecule has 0 bridgehead atoms. The van der Waals surface area contributed by atoms with Crippen molar-refractivity contribution in [1.82, 2.24) is 0 Å². The van der Waals surface area contributed by atoms with E-state index in [0.717, 1.165) is 51.4 Å². The van der Waals surface area contributed by atoms with Crippen molar-refractivity contribution in [3.05, 3.63) is 0 Å². The Morgan fingerprint density at radius 1 is 0.900 bits per heavy atom. The number of hydrogen-bond donors (Lipinski definition) is 0. The number of ketones is 2. The molecule has 4 heteroatoms. The summed E-state index contributed by atoms with van der Waals surface area (Å²) in [6.45, 7) is 1.92. The SMILES string of the molecule is CCOC(=O)C(C(=O)C1CCCC1)C(=O)C1CCCC1. The van der Waals surface area contributed by atoms with Gasteiger partial charge in [-0.15, -0.1) is 0 Å². The van der Waals surface area contributed by atoms with Crippen molar-refractivity contribution in [3.8, 4) is 0 Å². The normalized spacial score (nSPS) is 20.5. The largest absolute Gasteiger partial charge is 0.465 e. The average molecular weight is 280 g/mol. The quantitative estimate of drug-likeness (QED) is 0.554. The Morgan fingerprint density at radius 3 is 1.65 bits per heavy atom. The Bertz CT molecular complexity index is 348. The van der Waals surface area contributed by atoms with Crippen LogP contribution in [0.15, 0.2) is 0 Å². The van der Waals surface area contributed by atoms with E-state index in [4.69, 9.17) is 4.74 Å². The van der Waals surface area contributed by atoms with Crippen molar-refractivity contribution in [2.75, 3.05) is 6.61 Å². The second-order valence-corrected chi connectivity index (χ2v) is 5.95. The molecule has 2 aliphatic carbocycles. The Kier molecular flexibility index (Phi) is 5.32. The molecular weight excluding hydrogens is 256 g/mol. The molecule has 2 aliphatic rings. The van der Waals surface area contributed by atoms with Crippen LogP contribution in [0.4, 0.5) is 0 Å². The Labute approximate surface area is 120 Å². The molecular formula is C16H24O4. The van der Waals surface area contributed by atoms with E-state index in [1.54, 1.807) is 6.92 Å². The molecule has 0 N–H and O–H groups in total. The molecule has 0 radical (unpaired) electrons. The van der Waals surface area contributed by atoms with Crippen LogP contribution in [0.5, 0.6) is 0 Å². The van der Waals surface area contributed by atoms with Crippen LogP contribution in [0.3, 0.4) is 0 Å². The molecule has 112 valence electrons. The maximum Gasteiger partial charge on any atom is 0.324 e. The maximum atomic E-state index is 12.5. The van der Waals surface area contributed by atoms with E-state index in [0.29, 0.717) is 0 Å². The molecule has 0 saturated heterocycles. The first-order valence-corrected chi connectivity index (χ1v) is 7.89. The van der Waals surface area contributed by atoms with Crippen molar-refractivity contribution in [1.29, 1.82) is 0 Å². The first-order chi connectivity index (χ1) is 9.65. The second kappa shape index (κ2) is 7.00. The van der Waals surface area contributed by atoms with Gasteiger partial charge in [0.25, 0.3) is 0 Å². The fraction of sp³-hybridized carbons (Fsp3) is 0.812. The predicted molar refractivity (Wildman–Crippen MR) is 74.1 cm³/mol. The molecule has 0 heterocycles. The zero-order chi connectivity index (χ0) is 14.5. The minimum atomic E-state index is -1.15. The molecule has 0 spiro atoms. The lowest BCUT2D eigenvalue weighted by molar-refractivity contribution is -0.156. The van der Waals surface area contributed by atoms with Crippen LogP contribution in [0.2, 0.25) is 0 Å². The van der Waals surface area contributed by atoms with Gasteiger partial charge >= 0.3 is 5.97 Å². The van der Waals surface area contributed by atoms with Gasteiger partial charge in [0.15, 0.2) is 17.5 Å². The number of rotatable bonds is 6. The standard InChI is InChI=1S/C16H24O4/c1-2-20-16(19)13(14(17)11-7-3-4-8-11)15(18)12-9-5-6-10-12/h11-13H,2-10H2,1H3. The van der Waals surface area contributed by atoms with Crippen LogP contribution in [-0.4, -0.2) is 24.1 Å². The highest BCUT2D eigenvalue weighted by Gasteiger charge is 2.42. The smallest absolute Gasteiger partial charge is 0.324 e. The van der Waals surface area contributed by atoms with Crippen LogP contribution >= 0.6 is 0 Å². The van der Waals surface area contributed by atoms with Gasteiger partial charge < -0.3 is 4.74 Å². The van der Waals surface area contributed by atoms with Crippen molar-refractivity contribution >= 4 is 17.5 Å². The lowest BCUT2D eigenvalue weighted by Crippen LogP contribution is -2.39. The third kappa shape index (κ3) is 3.28. The maximum absolute atomic E-state index is 12.5. The molecule has 0 aromatic heterocycles. The van der Waals surface area contributed by atoms with Crippen LogP contribution in [-0.2, 0) is 19.1 Å². The van der Waals surface area contributed by atoms with Crippen molar-refractivity contribution in [3.63, 3.8) is 0 Å². The van der Waals surface area contributed by atoms with Gasteiger partial charge in [0.05, 0.1) is 6.61 Å². The summed E-state index contributed by atoms with van der Waals surface area (Å²) in [7, 11) is 0. The van der Waals surface area contributed by atoms with E-state index in [2.05, 4.69) is 0 Å². The highest BCUT2D eigenvalue weighted by Crippen LogP contribution is 2.33. The zero-order valence-electron chi connectivity index (χ0n) is 12.2. The Hall–Kier alpha value is -1.19. The molecule has 20 heavy (non-hydrogen) atoms. The summed E-state index contributed by atoms with van der Waals surface area (Å²) in [6, 6.07) is 0. The van der Waals surface area contributed by atoms with Gasteiger partial charge in [-0.3, -0.25) is 14.4 Å². The average Bonchev–Trinajstić information content (AvgIpc) is 3.12. The summed E-state index contributed by atoms with van der Waals surface area (Å²) < 4.78 is 4.98. The van der Waals surface area contributed by atoms with Gasteiger partial charge in [-0.05, 0) is 32.6 Å². The van der Waals surface area contributed by atoms with Gasteiger partial charge in [0.2, 0.25) is 0 Å². The topological polar surface area (TPSA) is 60.4 Å². The van der Waals surface area contributed by atoms with Gasteiger partial charge in [0.1, 0.15) is 0 Å². The minimum absolute atomic E-state index is 0.116. The highest BCUT2D eigenvalue weighted by molar-refractivity contribution is 6.18. The van der Waals surface area contributed by atoms with E-state index in [9.17, 15) is 14.4 Å². The summed E-state index contributed by atoms with van der Waals surface area (Å²) >= 11 is 0. The molecule has 2 rings (SSSR count). The van der Waals surface area contributed by atoms with E-state index in [-0.39, 0.29) is 30.0 Å². The summed E-state index contributed by atoms with van der Waals surface area (Å²) in [5.41, 5.74) is 0. The Balaban J connectivity index is 2.12. The number of esters is 1. The lowest BCUT2D eigenvalue weighted by atomic mass is 9.83. The Morgan fingerprint density at radius 2 is 1.30 bits per heavy atom. The first kappa shape index (κ1) is 15.2. The van der Waals surface area contributed by atoms with Crippen LogP contribution in [0, 0.1) is 17.8 Å². The number of carbonyl (C=O) groups excluding carboxylic acids is 3. The van der Waals surface area contributed by atoms with Gasteiger partial charge in [0, 0.05) is 11.8 Å². The van der Waals surface area contributed by atoms with E-state index in [1.165, 1.54) is 0 Å². The van der Waals surface area contributed by atoms with E-state index in [1.807, 2.05) is 0 Å². The fourth-order valence-electron chi connectivity index (χ4n) is 3.49. The minimum Gasteiger partial charge on any atom is -0.465 e. The van der Waals surface area contributed by atoms with Crippen molar-refractivity contribution < 1.29 is 19.1 Å². The fourth-order valence-corrected chi connectivity index (χ4v) is 3.49. The third-order valence-electron chi connectivity index (χ3n) is 4.61. The third-order valence-corrected chi connectivity index (χ3v) is 4.61.